The molecule has 0 saturated carbocycles. The fourth-order valence-corrected chi connectivity index (χ4v) is 2.60. The van der Waals surface area contributed by atoms with Crippen molar-refractivity contribution in [1.82, 2.24) is 10.3 Å². The van der Waals surface area contributed by atoms with Gasteiger partial charge in [-0.3, -0.25) is 4.98 Å². The Balaban J connectivity index is 2.27. The van der Waals surface area contributed by atoms with E-state index in [4.69, 9.17) is 23.2 Å². The fourth-order valence-electron chi connectivity index (χ4n) is 2.12. The maximum atomic E-state index is 6.23. The number of pyridine rings is 1. The van der Waals surface area contributed by atoms with Gasteiger partial charge in [0.15, 0.2) is 0 Å². The van der Waals surface area contributed by atoms with Gasteiger partial charge < -0.3 is 5.32 Å². The molecule has 0 aliphatic rings. The van der Waals surface area contributed by atoms with Crippen LogP contribution in [0, 0.1) is 6.92 Å². The van der Waals surface area contributed by atoms with Gasteiger partial charge in [-0.2, -0.15) is 0 Å². The standard InChI is InChI=1S/C15H16Cl2N2/c1-10-5-6-19-9-13(10)15(18-2)7-11-3-4-12(16)8-14(11)17/h3-6,8-9,15,18H,7H2,1-2H3. The van der Waals surface area contributed by atoms with E-state index in [1.807, 2.05) is 31.4 Å². The highest BCUT2D eigenvalue weighted by Gasteiger charge is 2.14. The first kappa shape index (κ1) is 14.3. The molecular weight excluding hydrogens is 279 g/mol. The first-order chi connectivity index (χ1) is 9.11. The Morgan fingerprint density at radius 1 is 1.26 bits per heavy atom. The summed E-state index contributed by atoms with van der Waals surface area (Å²) in [5.41, 5.74) is 3.49. The number of nitrogens with zero attached hydrogens (tertiary/aromatic N) is 1. The van der Waals surface area contributed by atoms with Crippen LogP contribution in [0.1, 0.15) is 22.7 Å². The van der Waals surface area contributed by atoms with Gasteiger partial charge in [-0.25, -0.2) is 0 Å². The number of halogens is 2. The Hall–Kier alpha value is -1.09. The summed E-state index contributed by atoms with van der Waals surface area (Å²) in [7, 11) is 1.95. The molecule has 0 fully saturated rings. The Kier molecular flexibility index (Phi) is 4.81. The van der Waals surface area contributed by atoms with Gasteiger partial charge >= 0.3 is 0 Å². The number of benzene rings is 1. The van der Waals surface area contributed by atoms with Crippen LogP contribution in [0.5, 0.6) is 0 Å². The third kappa shape index (κ3) is 3.47. The molecule has 0 amide bonds. The zero-order valence-electron chi connectivity index (χ0n) is 11.0. The smallest absolute Gasteiger partial charge is 0.0453 e. The number of nitrogens with one attached hydrogen (secondary N) is 1. The van der Waals surface area contributed by atoms with Crippen LogP contribution in [-0.2, 0) is 6.42 Å². The number of hydrogen-bond donors (Lipinski definition) is 1. The molecule has 19 heavy (non-hydrogen) atoms. The second kappa shape index (κ2) is 6.38. The summed E-state index contributed by atoms with van der Waals surface area (Å²) in [6, 6.07) is 7.82. The summed E-state index contributed by atoms with van der Waals surface area (Å²) < 4.78 is 0. The Morgan fingerprint density at radius 2 is 2.05 bits per heavy atom. The Bertz CT molecular complexity index is 570. The molecular formula is C15H16Cl2N2. The van der Waals surface area contributed by atoms with Gasteiger partial charge in [0.1, 0.15) is 0 Å². The maximum absolute atomic E-state index is 6.23. The number of rotatable bonds is 4. The van der Waals surface area contributed by atoms with Gasteiger partial charge in [0.05, 0.1) is 0 Å². The second-order valence-corrected chi connectivity index (χ2v) is 5.36. The second-order valence-electron chi connectivity index (χ2n) is 4.51. The SMILES string of the molecule is CNC(Cc1ccc(Cl)cc1Cl)c1cnccc1C. The summed E-state index contributed by atoms with van der Waals surface area (Å²) in [5.74, 6) is 0. The van der Waals surface area contributed by atoms with Crippen LogP contribution in [0.3, 0.4) is 0 Å². The molecule has 2 aromatic rings. The van der Waals surface area contributed by atoms with Gasteiger partial charge in [0.2, 0.25) is 0 Å². The minimum Gasteiger partial charge on any atom is -0.313 e. The van der Waals surface area contributed by atoms with E-state index in [-0.39, 0.29) is 6.04 Å². The molecule has 1 N–H and O–H groups in total. The molecule has 1 aromatic carbocycles. The van der Waals surface area contributed by atoms with Crippen molar-refractivity contribution < 1.29 is 0 Å². The van der Waals surface area contributed by atoms with Crippen LogP contribution in [0.25, 0.3) is 0 Å². The van der Waals surface area contributed by atoms with E-state index in [2.05, 4.69) is 17.2 Å². The number of aryl methyl sites for hydroxylation is 1. The lowest BCUT2D eigenvalue weighted by molar-refractivity contribution is 0.587. The van der Waals surface area contributed by atoms with Gasteiger partial charge in [-0.1, -0.05) is 29.3 Å². The molecule has 2 rings (SSSR count). The molecule has 0 saturated heterocycles. The van der Waals surface area contributed by atoms with Gasteiger partial charge in [-0.15, -0.1) is 0 Å². The van der Waals surface area contributed by atoms with E-state index in [0.29, 0.717) is 10.0 Å². The van der Waals surface area contributed by atoms with E-state index >= 15 is 0 Å². The molecule has 100 valence electrons. The molecule has 4 heteroatoms. The maximum Gasteiger partial charge on any atom is 0.0453 e. The molecule has 0 aliphatic carbocycles. The molecule has 0 bridgehead atoms. The van der Waals surface area contributed by atoms with Crippen molar-refractivity contribution in [3.8, 4) is 0 Å². The zero-order chi connectivity index (χ0) is 13.8. The van der Waals surface area contributed by atoms with E-state index in [0.717, 1.165) is 12.0 Å². The number of hydrogen-bond acceptors (Lipinski definition) is 2. The highest BCUT2D eigenvalue weighted by molar-refractivity contribution is 6.35. The van der Waals surface area contributed by atoms with Crippen molar-refractivity contribution in [2.75, 3.05) is 7.05 Å². The first-order valence-electron chi connectivity index (χ1n) is 6.13. The molecule has 0 radical (unpaired) electrons. The fraction of sp³-hybridized carbons (Fsp3) is 0.267. The predicted molar refractivity (Wildman–Crippen MR) is 80.9 cm³/mol. The van der Waals surface area contributed by atoms with Crippen LogP contribution in [-0.4, -0.2) is 12.0 Å². The summed E-state index contributed by atoms with van der Waals surface area (Å²) >= 11 is 12.1. The lowest BCUT2D eigenvalue weighted by Gasteiger charge is -2.19. The van der Waals surface area contributed by atoms with Crippen molar-refractivity contribution >= 4 is 23.2 Å². The van der Waals surface area contributed by atoms with Crippen LogP contribution < -0.4 is 5.32 Å². The number of likely N-dealkylation sites (N-methyl/N-ethyl adjacent to an activating group) is 1. The molecule has 0 aliphatic heterocycles. The van der Waals surface area contributed by atoms with Crippen LogP contribution in [0.4, 0.5) is 0 Å². The van der Waals surface area contributed by atoms with Crippen molar-refractivity contribution in [3.05, 3.63) is 63.4 Å². The molecule has 1 unspecified atom stereocenters. The van der Waals surface area contributed by atoms with Gasteiger partial charge in [0.25, 0.3) is 0 Å². The minimum atomic E-state index is 0.187. The highest BCUT2D eigenvalue weighted by Crippen LogP contribution is 2.26. The average Bonchev–Trinajstić information content (AvgIpc) is 2.39. The monoisotopic (exact) mass is 294 g/mol. The van der Waals surface area contributed by atoms with E-state index in [1.54, 1.807) is 12.3 Å². The summed E-state index contributed by atoms with van der Waals surface area (Å²) in [6.07, 6.45) is 4.51. The molecule has 1 aromatic heterocycles. The molecule has 0 spiro atoms. The van der Waals surface area contributed by atoms with E-state index in [9.17, 15) is 0 Å². The zero-order valence-corrected chi connectivity index (χ0v) is 12.5. The van der Waals surface area contributed by atoms with Crippen molar-refractivity contribution in [2.45, 2.75) is 19.4 Å². The highest BCUT2D eigenvalue weighted by atomic mass is 35.5. The third-order valence-electron chi connectivity index (χ3n) is 3.24. The first-order valence-corrected chi connectivity index (χ1v) is 6.89. The average molecular weight is 295 g/mol. The normalized spacial score (nSPS) is 12.4. The van der Waals surface area contributed by atoms with Crippen LogP contribution in [0.15, 0.2) is 36.7 Å². The number of aromatic nitrogens is 1. The molecule has 1 atom stereocenters. The molecule has 2 nitrogen and oxygen atoms in total. The summed E-state index contributed by atoms with van der Waals surface area (Å²) in [5, 5.41) is 4.68. The lowest BCUT2D eigenvalue weighted by atomic mass is 9.97. The van der Waals surface area contributed by atoms with Crippen molar-refractivity contribution in [2.24, 2.45) is 0 Å². The Labute approximate surface area is 123 Å². The summed E-state index contributed by atoms with van der Waals surface area (Å²) in [6.45, 7) is 2.09. The summed E-state index contributed by atoms with van der Waals surface area (Å²) in [4.78, 5) is 4.20. The topological polar surface area (TPSA) is 24.9 Å². The quantitative estimate of drug-likeness (QED) is 0.914. The van der Waals surface area contributed by atoms with Gasteiger partial charge in [0, 0.05) is 28.5 Å². The molecule has 1 heterocycles. The third-order valence-corrected chi connectivity index (χ3v) is 3.83. The Morgan fingerprint density at radius 3 is 2.68 bits per heavy atom. The predicted octanol–water partition coefficient (Wildman–Crippen LogP) is 4.20. The van der Waals surface area contributed by atoms with E-state index in [1.165, 1.54) is 11.1 Å². The van der Waals surface area contributed by atoms with Crippen LogP contribution in [0.2, 0.25) is 10.0 Å². The van der Waals surface area contributed by atoms with Crippen molar-refractivity contribution in [3.63, 3.8) is 0 Å². The van der Waals surface area contributed by atoms with Crippen LogP contribution >= 0.6 is 23.2 Å². The van der Waals surface area contributed by atoms with Gasteiger partial charge in [-0.05, 0) is 55.3 Å². The van der Waals surface area contributed by atoms with Crippen molar-refractivity contribution in [1.29, 1.82) is 0 Å². The van der Waals surface area contributed by atoms with E-state index < -0.39 is 0 Å². The largest absolute Gasteiger partial charge is 0.313 e. The lowest BCUT2D eigenvalue weighted by Crippen LogP contribution is -2.20. The minimum absolute atomic E-state index is 0.187.